The lowest BCUT2D eigenvalue weighted by Gasteiger charge is -2.14. The maximum absolute atomic E-state index is 10.7. The Hall–Kier alpha value is -2.08. The normalized spacial score (nSPS) is 11.1. The van der Waals surface area contributed by atoms with Crippen molar-refractivity contribution in [3.63, 3.8) is 0 Å². The van der Waals surface area contributed by atoms with Crippen LogP contribution in [0.1, 0.15) is 20.3 Å². The summed E-state index contributed by atoms with van der Waals surface area (Å²) in [5, 5.41) is 23.0. The number of carbonyl (C=O) groups is 1. The van der Waals surface area contributed by atoms with Crippen molar-refractivity contribution in [1.29, 1.82) is 10.5 Å². The Bertz CT molecular complexity index is 346. The first-order valence-corrected chi connectivity index (χ1v) is 4.22. The Morgan fingerprint density at radius 1 is 1.53 bits per heavy atom. The first-order chi connectivity index (χ1) is 6.97. The number of oxime groups is 1. The van der Waals surface area contributed by atoms with Gasteiger partial charge in [-0.15, -0.1) is 0 Å². The smallest absolute Gasteiger partial charge is 0.323 e. The van der Waals surface area contributed by atoms with E-state index >= 15 is 0 Å². The Labute approximate surface area is 88.1 Å². The molecule has 0 rings (SSSR count). The monoisotopic (exact) mass is 208 g/mol. The zero-order chi connectivity index (χ0) is 11.9. The van der Waals surface area contributed by atoms with Gasteiger partial charge in [0.15, 0.2) is 0 Å². The minimum absolute atomic E-state index is 0.0580. The predicted molar refractivity (Wildman–Crippen MR) is 52.6 cm³/mol. The molecule has 0 aromatic rings. The topological polar surface area (TPSA) is 98.3 Å². The standard InChI is InChI=1S/C9H12N4O2/c1-9(2,6-11)7(4-5-10)13-15-8(14)12-3/h4H2,1-3H3,(H,12,14). The molecular weight excluding hydrogens is 196 g/mol. The van der Waals surface area contributed by atoms with Gasteiger partial charge in [-0.1, -0.05) is 5.16 Å². The van der Waals surface area contributed by atoms with Gasteiger partial charge in [-0.05, 0) is 13.8 Å². The second-order valence-corrected chi connectivity index (χ2v) is 3.24. The van der Waals surface area contributed by atoms with Gasteiger partial charge in [0.05, 0.1) is 29.7 Å². The SMILES string of the molecule is CNC(=O)ON=C(CC#N)C(C)(C)C#N. The van der Waals surface area contributed by atoms with Crippen LogP contribution in [0.25, 0.3) is 0 Å². The van der Waals surface area contributed by atoms with Crippen molar-refractivity contribution in [3.8, 4) is 12.1 Å². The number of hydrogen-bond donors (Lipinski definition) is 1. The average Bonchev–Trinajstić information content (AvgIpc) is 2.23. The molecule has 0 aliphatic rings. The van der Waals surface area contributed by atoms with Crippen LogP contribution in [0.15, 0.2) is 5.16 Å². The minimum atomic E-state index is -0.927. The molecule has 6 nitrogen and oxygen atoms in total. The third kappa shape index (κ3) is 4.10. The molecule has 0 aromatic heterocycles. The van der Waals surface area contributed by atoms with Crippen LogP contribution in [0.4, 0.5) is 4.79 Å². The maximum atomic E-state index is 10.7. The molecule has 0 unspecified atom stereocenters. The van der Waals surface area contributed by atoms with Gasteiger partial charge in [0.2, 0.25) is 0 Å². The maximum Gasteiger partial charge on any atom is 0.433 e. The molecule has 0 aliphatic heterocycles. The van der Waals surface area contributed by atoms with Gasteiger partial charge in [0.1, 0.15) is 0 Å². The Morgan fingerprint density at radius 3 is 2.53 bits per heavy atom. The lowest BCUT2D eigenvalue weighted by Crippen LogP contribution is -2.24. The van der Waals surface area contributed by atoms with E-state index in [0.717, 1.165) is 0 Å². The van der Waals surface area contributed by atoms with Crippen molar-refractivity contribution in [2.75, 3.05) is 7.05 Å². The summed E-state index contributed by atoms with van der Waals surface area (Å²) in [4.78, 5) is 15.2. The Morgan fingerprint density at radius 2 is 2.13 bits per heavy atom. The molecule has 6 heteroatoms. The molecule has 0 fully saturated rings. The van der Waals surface area contributed by atoms with E-state index in [1.165, 1.54) is 7.05 Å². The molecule has 0 atom stereocenters. The molecule has 0 aromatic carbocycles. The van der Waals surface area contributed by atoms with E-state index in [0.29, 0.717) is 0 Å². The fraction of sp³-hybridized carbons (Fsp3) is 0.556. The van der Waals surface area contributed by atoms with Gasteiger partial charge < -0.3 is 5.32 Å². The van der Waals surface area contributed by atoms with Crippen LogP contribution >= 0.6 is 0 Å². The molecule has 1 amide bonds. The van der Waals surface area contributed by atoms with Gasteiger partial charge in [-0.25, -0.2) is 4.79 Å². The van der Waals surface area contributed by atoms with Crippen molar-refractivity contribution >= 4 is 11.8 Å². The van der Waals surface area contributed by atoms with Crippen molar-refractivity contribution in [2.45, 2.75) is 20.3 Å². The highest BCUT2D eigenvalue weighted by atomic mass is 16.7. The molecule has 0 saturated carbocycles. The molecule has 15 heavy (non-hydrogen) atoms. The summed E-state index contributed by atoms with van der Waals surface area (Å²) in [5.41, 5.74) is -0.708. The highest BCUT2D eigenvalue weighted by molar-refractivity contribution is 5.93. The second kappa shape index (κ2) is 5.61. The van der Waals surface area contributed by atoms with Crippen molar-refractivity contribution in [3.05, 3.63) is 0 Å². The van der Waals surface area contributed by atoms with Gasteiger partial charge in [0, 0.05) is 7.05 Å². The van der Waals surface area contributed by atoms with Crippen molar-refractivity contribution in [1.82, 2.24) is 5.32 Å². The number of amides is 1. The summed E-state index contributed by atoms with van der Waals surface area (Å²) in [6, 6.07) is 3.83. The first-order valence-electron chi connectivity index (χ1n) is 4.22. The largest absolute Gasteiger partial charge is 0.433 e. The fourth-order valence-electron chi connectivity index (χ4n) is 0.649. The van der Waals surface area contributed by atoms with E-state index in [9.17, 15) is 4.79 Å². The molecule has 0 saturated heterocycles. The molecule has 0 bridgehead atoms. The number of carbonyl (C=O) groups excluding carboxylic acids is 1. The zero-order valence-electron chi connectivity index (χ0n) is 8.87. The van der Waals surface area contributed by atoms with Crippen LogP contribution in [0.5, 0.6) is 0 Å². The molecule has 0 spiro atoms. The number of nitrogens with one attached hydrogen (secondary N) is 1. The van der Waals surface area contributed by atoms with Crippen LogP contribution in [-0.2, 0) is 4.84 Å². The van der Waals surface area contributed by atoms with Crippen LogP contribution in [0.2, 0.25) is 0 Å². The number of hydrogen-bond acceptors (Lipinski definition) is 5. The van der Waals surface area contributed by atoms with Gasteiger partial charge in [-0.3, -0.25) is 4.84 Å². The minimum Gasteiger partial charge on any atom is -0.323 e. The fourth-order valence-corrected chi connectivity index (χ4v) is 0.649. The Kier molecular flexibility index (Phi) is 4.83. The number of nitriles is 2. The van der Waals surface area contributed by atoms with Gasteiger partial charge >= 0.3 is 6.09 Å². The number of rotatable bonds is 3. The molecule has 80 valence electrons. The predicted octanol–water partition coefficient (Wildman–Crippen LogP) is 1.16. The second-order valence-electron chi connectivity index (χ2n) is 3.24. The van der Waals surface area contributed by atoms with Gasteiger partial charge in [0.25, 0.3) is 0 Å². The van der Waals surface area contributed by atoms with Crippen molar-refractivity contribution in [2.24, 2.45) is 10.6 Å². The first kappa shape index (κ1) is 12.9. The van der Waals surface area contributed by atoms with Crippen LogP contribution < -0.4 is 5.32 Å². The molecule has 0 heterocycles. The zero-order valence-corrected chi connectivity index (χ0v) is 8.87. The lowest BCUT2D eigenvalue weighted by molar-refractivity contribution is 0.152. The molecular formula is C9H12N4O2. The molecule has 0 radical (unpaired) electrons. The van der Waals surface area contributed by atoms with E-state index in [1.807, 2.05) is 12.1 Å². The molecule has 0 aliphatic carbocycles. The third-order valence-electron chi connectivity index (χ3n) is 1.69. The van der Waals surface area contributed by atoms with Crippen molar-refractivity contribution < 1.29 is 9.63 Å². The summed E-state index contributed by atoms with van der Waals surface area (Å²) >= 11 is 0. The summed E-state index contributed by atoms with van der Waals surface area (Å²) in [6.07, 6.45) is -0.795. The number of nitrogens with zero attached hydrogens (tertiary/aromatic N) is 3. The summed E-state index contributed by atoms with van der Waals surface area (Å²) in [6.45, 7) is 3.19. The van der Waals surface area contributed by atoms with E-state index in [4.69, 9.17) is 10.5 Å². The van der Waals surface area contributed by atoms with Crippen LogP contribution in [0, 0.1) is 28.1 Å². The highest BCUT2D eigenvalue weighted by Gasteiger charge is 2.25. The van der Waals surface area contributed by atoms with Crippen LogP contribution in [0.3, 0.4) is 0 Å². The Balaban J connectivity index is 4.77. The van der Waals surface area contributed by atoms with E-state index in [1.54, 1.807) is 13.8 Å². The summed E-state index contributed by atoms with van der Waals surface area (Å²) in [5.74, 6) is 0. The highest BCUT2D eigenvalue weighted by Crippen LogP contribution is 2.18. The van der Waals surface area contributed by atoms with Crippen LogP contribution in [-0.4, -0.2) is 18.9 Å². The lowest BCUT2D eigenvalue weighted by atomic mass is 9.88. The summed E-state index contributed by atoms with van der Waals surface area (Å²) < 4.78 is 0. The van der Waals surface area contributed by atoms with Gasteiger partial charge in [-0.2, -0.15) is 10.5 Å². The average molecular weight is 208 g/mol. The van der Waals surface area contributed by atoms with E-state index < -0.39 is 11.5 Å². The quantitative estimate of drug-likeness (QED) is 0.427. The third-order valence-corrected chi connectivity index (χ3v) is 1.69. The van der Waals surface area contributed by atoms with E-state index in [2.05, 4.69) is 15.3 Å². The van der Waals surface area contributed by atoms with E-state index in [-0.39, 0.29) is 12.1 Å². The summed E-state index contributed by atoms with van der Waals surface area (Å²) in [7, 11) is 1.39. The molecule has 1 N–H and O–H groups in total.